The lowest BCUT2D eigenvalue weighted by atomic mass is 10.0. The van der Waals surface area contributed by atoms with Crippen molar-refractivity contribution in [2.24, 2.45) is 0 Å². The maximum Gasteiger partial charge on any atom is 0.124 e. The van der Waals surface area contributed by atoms with E-state index in [2.05, 4.69) is 15.9 Å². The molecule has 1 aliphatic heterocycles. The van der Waals surface area contributed by atoms with Crippen LogP contribution in [0, 0.1) is 5.82 Å². The molecule has 12 heavy (non-hydrogen) atoms. The molecule has 1 aromatic carbocycles. The average Bonchev–Trinajstić information content (AvgIpc) is 2.67. The lowest BCUT2D eigenvalue weighted by Gasteiger charge is -2.05. The molecule has 1 unspecified atom stereocenters. The Morgan fingerprint density at radius 2 is 2.17 bits per heavy atom. The smallest absolute Gasteiger partial charge is 0.124 e. The largest absolute Gasteiger partial charge is 0.365 e. The SMILES string of the molecule is CC1(c2cc(F)cc(Br)c2)CO1. The van der Waals surface area contributed by atoms with Gasteiger partial charge < -0.3 is 4.74 Å². The van der Waals surface area contributed by atoms with Crippen LogP contribution in [0.15, 0.2) is 22.7 Å². The van der Waals surface area contributed by atoms with Gasteiger partial charge in [0.1, 0.15) is 11.4 Å². The van der Waals surface area contributed by atoms with Crippen molar-refractivity contribution in [1.82, 2.24) is 0 Å². The van der Waals surface area contributed by atoms with E-state index in [9.17, 15) is 4.39 Å². The number of ether oxygens (including phenoxy) is 1. The van der Waals surface area contributed by atoms with Crippen LogP contribution in [0.5, 0.6) is 0 Å². The summed E-state index contributed by atoms with van der Waals surface area (Å²) in [6, 6.07) is 4.84. The second-order valence-corrected chi connectivity index (χ2v) is 4.09. The Kier molecular flexibility index (Phi) is 1.73. The highest BCUT2D eigenvalue weighted by atomic mass is 79.9. The second kappa shape index (κ2) is 2.54. The normalized spacial score (nSPS) is 27.2. The maximum atomic E-state index is 12.9. The molecule has 1 fully saturated rings. The molecule has 1 nitrogen and oxygen atoms in total. The summed E-state index contributed by atoms with van der Waals surface area (Å²) in [4.78, 5) is 0. The van der Waals surface area contributed by atoms with Crippen molar-refractivity contribution >= 4 is 15.9 Å². The summed E-state index contributed by atoms with van der Waals surface area (Å²) in [6.07, 6.45) is 0. The van der Waals surface area contributed by atoms with Gasteiger partial charge in [0.05, 0.1) is 6.61 Å². The minimum atomic E-state index is -0.245. The van der Waals surface area contributed by atoms with Crippen LogP contribution in [0.25, 0.3) is 0 Å². The summed E-state index contributed by atoms with van der Waals surface area (Å²) in [5.41, 5.74) is 0.652. The van der Waals surface area contributed by atoms with Gasteiger partial charge in [0, 0.05) is 4.47 Å². The van der Waals surface area contributed by atoms with Gasteiger partial charge in [0.25, 0.3) is 0 Å². The van der Waals surface area contributed by atoms with Crippen molar-refractivity contribution in [2.75, 3.05) is 6.61 Å². The zero-order valence-corrected chi connectivity index (χ0v) is 8.19. The molecule has 64 valence electrons. The fraction of sp³-hybridized carbons (Fsp3) is 0.333. The molecule has 0 bridgehead atoms. The first-order valence-corrected chi connectivity index (χ1v) is 4.50. The minimum absolute atomic E-state index is 0.226. The topological polar surface area (TPSA) is 12.5 Å². The van der Waals surface area contributed by atoms with Gasteiger partial charge in [-0.05, 0) is 30.7 Å². The second-order valence-electron chi connectivity index (χ2n) is 3.18. The van der Waals surface area contributed by atoms with E-state index in [0.29, 0.717) is 6.61 Å². The van der Waals surface area contributed by atoms with Crippen molar-refractivity contribution in [3.63, 3.8) is 0 Å². The Morgan fingerprint density at radius 1 is 1.50 bits per heavy atom. The molecule has 0 aliphatic carbocycles. The third-order valence-electron chi connectivity index (χ3n) is 2.05. The highest BCUT2D eigenvalue weighted by Crippen LogP contribution is 2.39. The highest BCUT2D eigenvalue weighted by molar-refractivity contribution is 9.10. The van der Waals surface area contributed by atoms with Crippen molar-refractivity contribution in [2.45, 2.75) is 12.5 Å². The zero-order chi connectivity index (χ0) is 8.77. The van der Waals surface area contributed by atoms with Gasteiger partial charge in [-0.1, -0.05) is 15.9 Å². The molecule has 1 saturated heterocycles. The quantitative estimate of drug-likeness (QED) is 0.677. The third-order valence-corrected chi connectivity index (χ3v) is 2.51. The Labute approximate surface area is 78.7 Å². The molecule has 0 amide bonds. The molecule has 0 aromatic heterocycles. The predicted molar refractivity (Wildman–Crippen MR) is 47.4 cm³/mol. The molecule has 0 spiro atoms. The molecular weight excluding hydrogens is 223 g/mol. The maximum absolute atomic E-state index is 12.9. The molecule has 0 N–H and O–H groups in total. The average molecular weight is 231 g/mol. The number of epoxide rings is 1. The van der Waals surface area contributed by atoms with Gasteiger partial charge in [-0.15, -0.1) is 0 Å². The van der Waals surface area contributed by atoms with E-state index in [1.165, 1.54) is 12.1 Å². The van der Waals surface area contributed by atoms with Crippen LogP contribution in [-0.2, 0) is 10.3 Å². The molecule has 1 aliphatic rings. The summed E-state index contributed by atoms with van der Waals surface area (Å²) in [5, 5.41) is 0. The van der Waals surface area contributed by atoms with E-state index in [1.807, 2.05) is 13.0 Å². The summed E-state index contributed by atoms with van der Waals surface area (Å²) < 4.78 is 18.9. The molecule has 3 heteroatoms. The zero-order valence-electron chi connectivity index (χ0n) is 6.60. The first kappa shape index (κ1) is 8.20. The Hall–Kier alpha value is -0.410. The van der Waals surface area contributed by atoms with E-state index in [0.717, 1.165) is 10.0 Å². The summed E-state index contributed by atoms with van der Waals surface area (Å²) in [6.45, 7) is 2.64. The van der Waals surface area contributed by atoms with Crippen LogP contribution in [0.4, 0.5) is 4.39 Å². The van der Waals surface area contributed by atoms with Crippen molar-refractivity contribution < 1.29 is 9.13 Å². The lowest BCUT2D eigenvalue weighted by molar-refractivity contribution is 0.328. The van der Waals surface area contributed by atoms with Gasteiger partial charge in [-0.25, -0.2) is 4.39 Å². The number of hydrogen-bond acceptors (Lipinski definition) is 1. The fourth-order valence-electron chi connectivity index (χ4n) is 1.13. The number of halogens is 2. The van der Waals surface area contributed by atoms with E-state index in [4.69, 9.17) is 4.74 Å². The molecular formula is C9H8BrFO. The van der Waals surface area contributed by atoms with Crippen molar-refractivity contribution in [1.29, 1.82) is 0 Å². The van der Waals surface area contributed by atoms with Crippen molar-refractivity contribution in [3.05, 3.63) is 34.1 Å². The molecule has 0 saturated carbocycles. The third kappa shape index (κ3) is 1.39. The highest BCUT2D eigenvalue weighted by Gasteiger charge is 2.41. The van der Waals surface area contributed by atoms with Gasteiger partial charge in [0.2, 0.25) is 0 Å². The first-order valence-electron chi connectivity index (χ1n) is 3.71. The van der Waals surface area contributed by atoms with E-state index in [-0.39, 0.29) is 11.4 Å². The molecule has 1 atom stereocenters. The van der Waals surface area contributed by atoms with Crippen LogP contribution in [-0.4, -0.2) is 6.61 Å². The number of rotatable bonds is 1. The van der Waals surface area contributed by atoms with Gasteiger partial charge in [0.15, 0.2) is 0 Å². The van der Waals surface area contributed by atoms with Crippen LogP contribution in [0.3, 0.4) is 0 Å². The minimum Gasteiger partial charge on any atom is -0.365 e. The predicted octanol–water partition coefficient (Wildman–Crippen LogP) is 2.83. The van der Waals surface area contributed by atoms with Crippen LogP contribution >= 0.6 is 15.9 Å². The number of hydrogen-bond donors (Lipinski definition) is 0. The molecule has 2 rings (SSSR count). The molecule has 1 heterocycles. The standard InChI is InChI=1S/C9H8BrFO/c1-9(5-12-9)6-2-7(10)4-8(11)3-6/h2-4H,5H2,1H3. The van der Waals surface area contributed by atoms with E-state index >= 15 is 0 Å². The van der Waals surface area contributed by atoms with E-state index < -0.39 is 0 Å². The summed E-state index contributed by atoms with van der Waals surface area (Å²) in [5.74, 6) is -0.226. The van der Waals surface area contributed by atoms with Crippen LogP contribution in [0.1, 0.15) is 12.5 Å². The Balaban J connectivity index is 2.44. The molecule has 1 aromatic rings. The summed E-state index contributed by atoms with van der Waals surface area (Å²) in [7, 11) is 0. The van der Waals surface area contributed by atoms with Crippen LogP contribution < -0.4 is 0 Å². The Bertz CT molecular complexity index is 300. The first-order chi connectivity index (χ1) is 5.60. The van der Waals surface area contributed by atoms with Gasteiger partial charge in [-0.2, -0.15) is 0 Å². The van der Waals surface area contributed by atoms with Gasteiger partial charge in [-0.3, -0.25) is 0 Å². The number of benzene rings is 1. The monoisotopic (exact) mass is 230 g/mol. The summed E-state index contributed by atoms with van der Waals surface area (Å²) >= 11 is 3.24. The Morgan fingerprint density at radius 3 is 2.67 bits per heavy atom. The lowest BCUT2D eigenvalue weighted by Crippen LogP contribution is -2.02. The molecule has 0 radical (unpaired) electrons. The van der Waals surface area contributed by atoms with Gasteiger partial charge >= 0.3 is 0 Å². The van der Waals surface area contributed by atoms with Crippen molar-refractivity contribution in [3.8, 4) is 0 Å². The fourth-order valence-corrected chi connectivity index (χ4v) is 1.60. The van der Waals surface area contributed by atoms with Crippen LogP contribution in [0.2, 0.25) is 0 Å². The van der Waals surface area contributed by atoms with E-state index in [1.54, 1.807) is 0 Å².